The Bertz CT molecular complexity index is 941. The van der Waals surface area contributed by atoms with Crippen LogP contribution in [0.4, 0.5) is 13.2 Å². The summed E-state index contributed by atoms with van der Waals surface area (Å²) in [4.78, 5) is 27.7. The van der Waals surface area contributed by atoms with E-state index in [1.54, 1.807) is 4.90 Å². The Morgan fingerprint density at radius 1 is 1.03 bits per heavy atom. The first-order valence-corrected chi connectivity index (χ1v) is 10.7. The fourth-order valence-electron chi connectivity index (χ4n) is 4.11. The summed E-state index contributed by atoms with van der Waals surface area (Å²) in [7, 11) is 0. The minimum Gasteiger partial charge on any atom is -0.378 e. The number of carbonyl (C=O) groups excluding carboxylic acids is 2. The third kappa shape index (κ3) is 5.30. The number of hydrogen-bond donors (Lipinski definition) is 1. The van der Waals surface area contributed by atoms with E-state index in [4.69, 9.17) is 4.74 Å². The number of alkyl halides is 3. The number of amides is 2. The monoisotopic (exact) mass is 446 g/mol. The van der Waals surface area contributed by atoms with Crippen LogP contribution in [0.5, 0.6) is 0 Å². The SMILES string of the molecule is O=C(NC(Cc1ccccc1)C(=O)N1CCOCC1)C1CC1c1ccc(C(F)(F)F)cc1. The molecule has 5 nitrogen and oxygen atoms in total. The van der Waals surface area contributed by atoms with Crippen molar-refractivity contribution in [1.82, 2.24) is 10.2 Å². The van der Waals surface area contributed by atoms with Crippen molar-refractivity contribution in [1.29, 1.82) is 0 Å². The molecular formula is C24H25F3N2O3. The summed E-state index contributed by atoms with van der Waals surface area (Å²) in [5, 5.41) is 2.91. The van der Waals surface area contributed by atoms with Crippen molar-refractivity contribution in [3.8, 4) is 0 Å². The van der Waals surface area contributed by atoms with Crippen LogP contribution in [0.1, 0.15) is 29.0 Å². The highest BCUT2D eigenvalue weighted by Gasteiger charge is 2.45. The Morgan fingerprint density at radius 3 is 2.31 bits per heavy atom. The number of hydrogen-bond acceptors (Lipinski definition) is 3. The van der Waals surface area contributed by atoms with Crippen LogP contribution < -0.4 is 5.32 Å². The normalized spacial score (nSPS) is 21.7. The van der Waals surface area contributed by atoms with E-state index in [9.17, 15) is 22.8 Å². The molecule has 170 valence electrons. The van der Waals surface area contributed by atoms with Crippen molar-refractivity contribution >= 4 is 11.8 Å². The maximum absolute atomic E-state index is 13.1. The van der Waals surface area contributed by atoms with Gasteiger partial charge in [-0.25, -0.2) is 0 Å². The van der Waals surface area contributed by atoms with Crippen LogP contribution >= 0.6 is 0 Å². The predicted molar refractivity (Wildman–Crippen MR) is 112 cm³/mol. The van der Waals surface area contributed by atoms with E-state index in [0.29, 0.717) is 44.7 Å². The maximum atomic E-state index is 13.1. The quantitative estimate of drug-likeness (QED) is 0.740. The molecule has 8 heteroatoms. The second-order valence-electron chi connectivity index (χ2n) is 8.26. The van der Waals surface area contributed by atoms with E-state index >= 15 is 0 Å². The van der Waals surface area contributed by atoms with E-state index in [0.717, 1.165) is 17.7 Å². The molecule has 1 saturated carbocycles. The van der Waals surface area contributed by atoms with Gasteiger partial charge in [-0.3, -0.25) is 9.59 Å². The average Bonchev–Trinajstić information content (AvgIpc) is 3.60. The van der Waals surface area contributed by atoms with Gasteiger partial charge >= 0.3 is 6.18 Å². The van der Waals surface area contributed by atoms with Crippen LogP contribution in [0.3, 0.4) is 0 Å². The second-order valence-corrected chi connectivity index (χ2v) is 8.26. The average molecular weight is 446 g/mol. The van der Waals surface area contributed by atoms with Crippen molar-refractivity contribution in [3.63, 3.8) is 0 Å². The van der Waals surface area contributed by atoms with Gasteiger partial charge < -0.3 is 15.0 Å². The molecule has 0 spiro atoms. The van der Waals surface area contributed by atoms with Gasteiger partial charge in [0, 0.05) is 25.4 Å². The van der Waals surface area contributed by atoms with Crippen LogP contribution in [0, 0.1) is 5.92 Å². The van der Waals surface area contributed by atoms with Gasteiger partial charge in [0.05, 0.1) is 18.8 Å². The predicted octanol–water partition coefficient (Wildman–Crippen LogP) is 3.40. The first kappa shape index (κ1) is 22.3. The number of rotatable bonds is 6. The molecule has 2 fully saturated rings. The summed E-state index contributed by atoms with van der Waals surface area (Å²) in [6, 6.07) is 13.7. The number of halogens is 3. The fraction of sp³-hybridized carbons (Fsp3) is 0.417. The largest absolute Gasteiger partial charge is 0.416 e. The van der Waals surface area contributed by atoms with E-state index in [1.165, 1.54) is 12.1 Å². The molecule has 4 rings (SSSR count). The Hall–Kier alpha value is -2.87. The van der Waals surface area contributed by atoms with Crippen molar-refractivity contribution in [2.75, 3.05) is 26.3 Å². The number of benzene rings is 2. The molecule has 2 aliphatic rings. The molecular weight excluding hydrogens is 421 g/mol. The lowest BCUT2D eigenvalue weighted by molar-refractivity contribution is -0.140. The third-order valence-corrected chi connectivity index (χ3v) is 6.01. The lowest BCUT2D eigenvalue weighted by Crippen LogP contribution is -2.53. The smallest absolute Gasteiger partial charge is 0.378 e. The zero-order valence-corrected chi connectivity index (χ0v) is 17.5. The van der Waals surface area contributed by atoms with Gasteiger partial charge in [0.1, 0.15) is 6.04 Å². The minimum absolute atomic E-state index is 0.131. The molecule has 1 aliphatic carbocycles. The summed E-state index contributed by atoms with van der Waals surface area (Å²) in [5.74, 6) is -0.856. The van der Waals surface area contributed by atoms with E-state index in [-0.39, 0.29) is 23.7 Å². The molecule has 3 atom stereocenters. The molecule has 3 unspecified atom stereocenters. The van der Waals surface area contributed by atoms with Gasteiger partial charge in [-0.15, -0.1) is 0 Å². The van der Waals surface area contributed by atoms with E-state index in [1.807, 2.05) is 30.3 Å². The van der Waals surface area contributed by atoms with Crippen molar-refractivity contribution in [3.05, 3.63) is 71.3 Å². The van der Waals surface area contributed by atoms with Crippen molar-refractivity contribution in [2.45, 2.75) is 31.0 Å². The molecule has 1 aliphatic heterocycles. The number of nitrogens with one attached hydrogen (secondary N) is 1. The summed E-state index contributed by atoms with van der Waals surface area (Å²) in [6.07, 6.45) is -3.45. The number of nitrogens with zero attached hydrogens (tertiary/aromatic N) is 1. The van der Waals surface area contributed by atoms with Gasteiger partial charge in [0.2, 0.25) is 11.8 Å². The molecule has 1 heterocycles. The van der Waals surface area contributed by atoms with E-state index < -0.39 is 17.8 Å². The molecule has 0 bridgehead atoms. The Morgan fingerprint density at radius 2 is 1.69 bits per heavy atom. The maximum Gasteiger partial charge on any atom is 0.416 e. The first-order valence-electron chi connectivity index (χ1n) is 10.7. The molecule has 32 heavy (non-hydrogen) atoms. The molecule has 2 aromatic carbocycles. The van der Waals surface area contributed by atoms with Gasteiger partial charge in [-0.05, 0) is 35.6 Å². The van der Waals surface area contributed by atoms with Gasteiger partial charge in [-0.1, -0.05) is 42.5 Å². The van der Waals surface area contributed by atoms with Gasteiger partial charge in [0.25, 0.3) is 0 Å². The fourth-order valence-corrected chi connectivity index (χ4v) is 4.11. The van der Waals surface area contributed by atoms with Crippen LogP contribution in [0.25, 0.3) is 0 Å². The van der Waals surface area contributed by atoms with Crippen molar-refractivity contribution < 1.29 is 27.5 Å². The zero-order chi connectivity index (χ0) is 22.7. The molecule has 2 amide bonds. The lowest BCUT2D eigenvalue weighted by atomic mass is 10.0. The topological polar surface area (TPSA) is 58.6 Å². The van der Waals surface area contributed by atoms with Crippen LogP contribution in [-0.2, 0) is 26.9 Å². The van der Waals surface area contributed by atoms with Crippen LogP contribution in [0.15, 0.2) is 54.6 Å². The Kier molecular flexibility index (Phi) is 6.50. The molecule has 1 N–H and O–H groups in total. The first-order chi connectivity index (χ1) is 15.3. The number of ether oxygens (including phenoxy) is 1. The number of carbonyl (C=O) groups is 2. The third-order valence-electron chi connectivity index (χ3n) is 6.01. The van der Waals surface area contributed by atoms with Gasteiger partial charge in [0.15, 0.2) is 0 Å². The lowest BCUT2D eigenvalue weighted by Gasteiger charge is -2.31. The Labute approximate surface area is 184 Å². The molecule has 0 radical (unpaired) electrons. The zero-order valence-electron chi connectivity index (χ0n) is 17.5. The van der Waals surface area contributed by atoms with Gasteiger partial charge in [-0.2, -0.15) is 13.2 Å². The molecule has 2 aromatic rings. The summed E-state index contributed by atoms with van der Waals surface area (Å²) < 4.78 is 43.7. The van der Waals surface area contributed by atoms with Crippen LogP contribution in [-0.4, -0.2) is 49.1 Å². The Balaban J connectivity index is 1.42. The highest BCUT2D eigenvalue weighted by atomic mass is 19.4. The van der Waals surface area contributed by atoms with Crippen molar-refractivity contribution in [2.24, 2.45) is 5.92 Å². The van der Waals surface area contributed by atoms with E-state index in [2.05, 4.69) is 5.32 Å². The molecule has 0 aromatic heterocycles. The highest BCUT2D eigenvalue weighted by Crippen LogP contribution is 2.48. The highest BCUT2D eigenvalue weighted by molar-refractivity contribution is 5.90. The van der Waals surface area contributed by atoms with Crippen LogP contribution in [0.2, 0.25) is 0 Å². The minimum atomic E-state index is -4.39. The second kappa shape index (κ2) is 9.32. The standard InChI is InChI=1S/C24H25F3N2O3/c25-24(26,27)18-8-6-17(7-9-18)19-15-20(19)22(30)28-21(14-16-4-2-1-3-5-16)23(31)29-10-12-32-13-11-29/h1-9,19-21H,10-15H2,(H,28,30). The summed E-state index contributed by atoms with van der Waals surface area (Å²) in [6.45, 7) is 1.90. The summed E-state index contributed by atoms with van der Waals surface area (Å²) in [5.41, 5.74) is 0.939. The summed E-state index contributed by atoms with van der Waals surface area (Å²) >= 11 is 0. The number of morpholine rings is 1. The molecule has 1 saturated heterocycles.